The first-order chi connectivity index (χ1) is 6.88. The maximum atomic E-state index is 12.8. The van der Waals surface area contributed by atoms with Crippen LogP contribution >= 0.6 is 0 Å². The lowest BCUT2D eigenvalue weighted by molar-refractivity contribution is 0.0749. The van der Waals surface area contributed by atoms with Gasteiger partial charge in [-0.15, -0.1) is 0 Å². The Hall–Kier alpha value is -1.16. The molecule has 0 spiro atoms. The van der Waals surface area contributed by atoms with Gasteiger partial charge < -0.3 is 10.4 Å². The molecule has 0 radical (unpaired) electrons. The number of hydrogen-bond donors (Lipinski definition) is 2. The lowest BCUT2D eigenvalue weighted by Gasteiger charge is -2.17. The summed E-state index contributed by atoms with van der Waals surface area (Å²) in [7, 11) is 0. The third kappa shape index (κ3) is 4.25. The molecular formula is C11H15F2NO. The highest BCUT2D eigenvalue weighted by molar-refractivity contribution is 5.43. The molecule has 0 saturated heterocycles. The monoisotopic (exact) mass is 215 g/mol. The Morgan fingerprint density at radius 3 is 2.47 bits per heavy atom. The van der Waals surface area contributed by atoms with Gasteiger partial charge in [0.1, 0.15) is 0 Å². The van der Waals surface area contributed by atoms with Crippen molar-refractivity contribution in [2.24, 2.45) is 0 Å². The molecule has 0 aliphatic rings. The number of nitrogens with one attached hydrogen (secondary N) is 1. The maximum Gasteiger partial charge on any atom is 0.160 e. The topological polar surface area (TPSA) is 32.3 Å². The second-order valence-corrected chi connectivity index (χ2v) is 4.12. The third-order valence-electron chi connectivity index (χ3n) is 1.99. The van der Waals surface area contributed by atoms with Gasteiger partial charge in [-0.2, -0.15) is 0 Å². The van der Waals surface area contributed by atoms with Crippen LogP contribution in [0.2, 0.25) is 0 Å². The second kappa shape index (κ2) is 4.57. The van der Waals surface area contributed by atoms with Crippen molar-refractivity contribution in [2.75, 3.05) is 11.9 Å². The molecule has 0 saturated carbocycles. The molecule has 0 fully saturated rings. The van der Waals surface area contributed by atoms with Crippen molar-refractivity contribution in [1.82, 2.24) is 0 Å². The molecule has 84 valence electrons. The van der Waals surface area contributed by atoms with E-state index in [-0.39, 0.29) is 0 Å². The average molecular weight is 215 g/mol. The maximum absolute atomic E-state index is 12.8. The van der Waals surface area contributed by atoms with E-state index in [4.69, 9.17) is 0 Å². The van der Waals surface area contributed by atoms with Gasteiger partial charge in [-0.05, 0) is 38.5 Å². The van der Waals surface area contributed by atoms with Crippen LogP contribution in [0.3, 0.4) is 0 Å². The molecule has 0 amide bonds. The van der Waals surface area contributed by atoms with Crippen LogP contribution in [0.25, 0.3) is 0 Å². The van der Waals surface area contributed by atoms with Crippen LogP contribution in [-0.4, -0.2) is 17.3 Å². The van der Waals surface area contributed by atoms with Gasteiger partial charge in [0.25, 0.3) is 0 Å². The highest BCUT2D eigenvalue weighted by Crippen LogP contribution is 2.14. The van der Waals surface area contributed by atoms with Crippen LogP contribution in [-0.2, 0) is 0 Å². The normalized spacial score (nSPS) is 11.5. The Kier molecular flexibility index (Phi) is 3.63. The van der Waals surface area contributed by atoms with Crippen molar-refractivity contribution in [3.63, 3.8) is 0 Å². The van der Waals surface area contributed by atoms with Crippen molar-refractivity contribution in [3.8, 4) is 0 Å². The SMILES string of the molecule is CC(C)(O)CCNc1ccc(F)c(F)c1. The number of aliphatic hydroxyl groups is 1. The molecule has 2 nitrogen and oxygen atoms in total. The first-order valence-electron chi connectivity index (χ1n) is 4.80. The van der Waals surface area contributed by atoms with Gasteiger partial charge in [-0.1, -0.05) is 0 Å². The summed E-state index contributed by atoms with van der Waals surface area (Å²) in [4.78, 5) is 0. The molecule has 1 rings (SSSR count). The number of halogens is 2. The van der Waals surface area contributed by atoms with Gasteiger partial charge in [-0.25, -0.2) is 8.78 Å². The molecular weight excluding hydrogens is 200 g/mol. The van der Waals surface area contributed by atoms with E-state index in [1.807, 2.05) is 0 Å². The van der Waals surface area contributed by atoms with Crippen LogP contribution in [0.15, 0.2) is 18.2 Å². The molecule has 1 aromatic carbocycles. The molecule has 4 heteroatoms. The Morgan fingerprint density at radius 2 is 1.93 bits per heavy atom. The van der Waals surface area contributed by atoms with Gasteiger partial charge in [0.2, 0.25) is 0 Å². The fourth-order valence-electron chi connectivity index (χ4n) is 1.12. The van der Waals surface area contributed by atoms with E-state index in [0.717, 1.165) is 12.1 Å². The summed E-state index contributed by atoms with van der Waals surface area (Å²) in [6.07, 6.45) is 0.534. The minimum Gasteiger partial charge on any atom is -0.390 e. The summed E-state index contributed by atoms with van der Waals surface area (Å²) >= 11 is 0. The first kappa shape index (κ1) is 11.9. The summed E-state index contributed by atoms with van der Waals surface area (Å²) in [5.41, 5.74) is -0.246. The molecule has 15 heavy (non-hydrogen) atoms. The van der Waals surface area contributed by atoms with E-state index >= 15 is 0 Å². The Labute approximate surface area is 87.9 Å². The minimum atomic E-state index is -0.872. The van der Waals surface area contributed by atoms with Crippen molar-refractivity contribution < 1.29 is 13.9 Å². The van der Waals surface area contributed by atoms with Crippen molar-refractivity contribution >= 4 is 5.69 Å². The summed E-state index contributed by atoms with van der Waals surface area (Å²) in [5, 5.41) is 12.3. The van der Waals surface area contributed by atoms with Crippen LogP contribution in [0.5, 0.6) is 0 Å². The standard InChI is InChI=1S/C11H15F2NO/c1-11(2,15)5-6-14-8-3-4-9(12)10(13)7-8/h3-4,7,14-15H,5-6H2,1-2H3. The van der Waals surface area contributed by atoms with E-state index in [1.165, 1.54) is 6.07 Å². The van der Waals surface area contributed by atoms with Gasteiger partial charge in [-0.3, -0.25) is 0 Å². The van der Waals surface area contributed by atoms with Crippen LogP contribution < -0.4 is 5.32 Å². The molecule has 0 unspecified atom stereocenters. The fraction of sp³-hybridized carbons (Fsp3) is 0.455. The number of rotatable bonds is 4. The smallest absolute Gasteiger partial charge is 0.160 e. The molecule has 2 N–H and O–H groups in total. The van der Waals surface area contributed by atoms with Gasteiger partial charge in [0, 0.05) is 12.2 Å². The molecule has 0 aromatic heterocycles. The van der Waals surface area contributed by atoms with Gasteiger partial charge in [0.05, 0.1) is 5.60 Å². The third-order valence-corrected chi connectivity index (χ3v) is 1.99. The molecule has 0 aliphatic heterocycles. The van der Waals surface area contributed by atoms with Crippen molar-refractivity contribution in [2.45, 2.75) is 25.9 Å². The lowest BCUT2D eigenvalue weighted by atomic mass is 10.1. The van der Waals surface area contributed by atoms with Gasteiger partial charge >= 0.3 is 0 Å². The molecule has 0 aliphatic carbocycles. The first-order valence-corrected chi connectivity index (χ1v) is 4.80. The number of anilines is 1. The fourth-order valence-corrected chi connectivity index (χ4v) is 1.12. The zero-order valence-corrected chi connectivity index (χ0v) is 8.85. The summed E-state index contributed by atoms with van der Waals surface area (Å²) in [6, 6.07) is 3.63. The molecule has 0 heterocycles. The van der Waals surface area contributed by atoms with E-state index in [1.54, 1.807) is 13.8 Å². The van der Waals surface area contributed by atoms with Crippen LogP contribution in [0, 0.1) is 11.6 Å². The second-order valence-electron chi connectivity index (χ2n) is 4.12. The van der Waals surface area contributed by atoms with E-state index in [9.17, 15) is 13.9 Å². The van der Waals surface area contributed by atoms with Crippen LogP contribution in [0.4, 0.5) is 14.5 Å². The zero-order valence-electron chi connectivity index (χ0n) is 8.85. The lowest BCUT2D eigenvalue weighted by Crippen LogP contribution is -2.22. The molecule has 0 atom stereocenters. The summed E-state index contributed by atoms with van der Waals surface area (Å²) in [5.74, 6) is -1.73. The van der Waals surface area contributed by atoms with Crippen molar-refractivity contribution in [3.05, 3.63) is 29.8 Å². The zero-order chi connectivity index (χ0) is 11.5. The summed E-state index contributed by atoms with van der Waals surface area (Å²) < 4.78 is 25.3. The van der Waals surface area contributed by atoms with Gasteiger partial charge in [0.15, 0.2) is 11.6 Å². The predicted molar refractivity (Wildman–Crippen MR) is 55.8 cm³/mol. The highest BCUT2D eigenvalue weighted by Gasteiger charge is 2.11. The summed E-state index contributed by atoms with van der Waals surface area (Å²) in [6.45, 7) is 3.90. The van der Waals surface area contributed by atoms with Crippen LogP contribution in [0.1, 0.15) is 20.3 Å². The Bertz CT molecular complexity index is 334. The quantitative estimate of drug-likeness (QED) is 0.809. The van der Waals surface area contributed by atoms with Crippen molar-refractivity contribution in [1.29, 1.82) is 0 Å². The molecule has 0 bridgehead atoms. The largest absolute Gasteiger partial charge is 0.390 e. The predicted octanol–water partition coefficient (Wildman–Crippen LogP) is 2.54. The number of hydrogen-bond acceptors (Lipinski definition) is 2. The van der Waals surface area contributed by atoms with E-state index in [0.29, 0.717) is 18.7 Å². The Balaban J connectivity index is 2.48. The van der Waals surface area contributed by atoms with E-state index in [2.05, 4.69) is 5.32 Å². The highest BCUT2D eigenvalue weighted by atomic mass is 19.2. The number of benzene rings is 1. The molecule has 1 aromatic rings. The van der Waals surface area contributed by atoms with E-state index < -0.39 is 17.2 Å². The minimum absolute atomic E-state index is 0.509. The Morgan fingerprint density at radius 1 is 1.27 bits per heavy atom. The average Bonchev–Trinajstić information content (AvgIpc) is 2.09.